The smallest absolute Gasteiger partial charge is 0.362 e. The van der Waals surface area contributed by atoms with Gasteiger partial charge in [0.2, 0.25) is 11.5 Å². The predicted octanol–water partition coefficient (Wildman–Crippen LogP) is -1.47. The van der Waals surface area contributed by atoms with Crippen molar-refractivity contribution < 1.29 is 37.3 Å². The van der Waals surface area contributed by atoms with Crippen LogP contribution in [0, 0.1) is 5.92 Å². The van der Waals surface area contributed by atoms with Gasteiger partial charge < -0.3 is 26.3 Å². The van der Waals surface area contributed by atoms with Crippen molar-refractivity contribution >= 4 is 56.1 Å². The molecule has 2 atom stereocenters. The average Bonchev–Trinajstić information content (AvgIpc) is 3.32. The van der Waals surface area contributed by atoms with Crippen LogP contribution in [0.4, 0.5) is 5.13 Å². The molecular weight excluding hydrogens is 494 g/mol. The zero-order chi connectivity index (χ0) is 25.4. The van der Waals surface area contributed by atoms with Gasteiger partial charge in [-0.1, -0.05) is 5.16 Å². The van der Waals surface area contributed by atoms with Crippen LogP contribution in [0.2, 0.25) is 0 Å². The molecule has 1 fully saturated rings. The number of guanidine groups is 1. The molecule has 0 aromatic carbocycles. The molecule has 1 amide bonds. The summed E-state index contributed by atoms with van der Waals surface area (Å²) in [7, 11) is -4.88. The number of hydrogen-bond donors (Lipinski definition) is 4. The molecule has 186 valence electrons. The SMILES string of the molecule is CC(C)(O/N=C(\C(=O)C[C@@H]1C(=O)N(S(=O)(=O)O)[C@@H]1CN1CCN=C1N)c1csc(N)n1)C(=O)O. The van der Waals surface area contributed by atoms with Crippen LogP contribution in [-0.4, -0.2) is 92.9 Å². The van der Waals surface area contributed by atoms with Crippen molar-refractivity contribution in [2.45, 2.75) is 31.9 Å². The first-order valence-corrected chi connectivity index (χ1v) is 12.1. The van der Waals surface area contributed by atoms with Gasteiger partial charge in [0.05, 0.1) is 18.5 Å². The normalized spacial score (nSPS) is 21.3. The molecular formula is C17H23N7O8S2. The lowest BCUT2D eigenvalue weighted by Crippen LogP contribution is -2.67. The third-order valence-corrected chi connectivity index (χ3v) is 6.86. The average molecular weight is 518 g/mol. The summed E-state index contributed by atoms with van der Waals surface area (Å²) in [5.41, 5.74) is 9.22. The van der Waals surface area contributed by atoms with Crippen LogP contribution < -0.4 is 11.5 Å². The molecule has 1 aromatic rings. The molecule has 1 saturated heterocycles. The number of nitrogens with two attached hydrogens (primary N) is 2. The zero-order valence-electron chi connectivity index (χ0n) is 18.1. The first-order chi connectivity index (χ1) is 15.7. The molecule has 0 radical (unpaired) electrons. The fourth-order valence-electron chi connectivity index (χ4n) is 3.32. The number of nitrogen functional groups attached to an aromatic ring is 1. The summed E-state index contributed by atoms with van der Waals surface area (Å²) in [4.78, 5) is 51.5. The van der Waals surface area contributed by atoms with Gasteiger partial charge in [0, 0.05) is 24.9 Å². The number of rotatable bonds is 10. The molecule has 15 nitrogen and oxygen atoms in total. The predicted molar refractivity (Wildman–Crippen MR) is 119 cm³/mol. The number of thiazole rings is 1. The van der Waals surface area contributed by atoms with Gasteiger partial charge in [-0.2, -0.15) is 8.42 Å². The Labute approximate surface area is 197 Å². The second-order valence-corrected chi connectivity index (χ2v) is 10.2. The first kappa shape index (κ1) is 25.3. The number of amides is 1. The monoisotopic (exact) mass is 517 g/mol. The minimum atomic E-state index is -4.88. The number of carbonyl (C=O) groups is 3. The number of carboxylic acids is 1. The summed E-state index contributed by atoms with van der Waals surface area (Å²) in [6.07, 6.45) is -0.520. The summed E-state index contributed by atoms with van der Waals surface area (Å²) in [5.74, 6) is -4.10. The number of hydrogen-bond acceptors (Lipinski definition) is 13. The van der Waals surface area contributed by atoms with Crippen LogP contribution in [0.3, 0.4) is 0 Å². The Morgan fingerprint density at radius 2 is 2.06 bits per heavy atom. The minimum absolute atomic E-state index is 0.000400. The highest BCUT2D eigenvalue weighted by Crippen LogP contribution is 2.33. The van der Waals surface area contributed by atoms with E-state index in [1.54, 1.807) is 0 Å². The van der Waals surface area contributed by atoms with Crippen molar-refractivity contribution in [3.8, 4) is 0 Å². The maximum absolute atomic E-state index is 13.1. The van der Waals surface area contributed by atoms with Gasteiger partial charge in [-0.05, 0) is 13.8 Å². The molecule has 0 saturated carbocycles. The number of β-lactam (4-membered cyclic amide) rings is 1. The number of ketones is 1. The molecule has 3 rings (SSSR count). The third-order valence-electron chi connectivity index (χ3n) is 5.24. The van der Waals surface area contributed by atoms with E-state index in [1.165, 1.54) is 24.1 Å². The second kappa shape index (κ2) is 9.15. The number of nitrogens with zero attached hydrogens (tertiary/aromatic N) is 5. The van der Waals surface area contributed by atoms with E-state index in [4.69, 9.17) is 16.3 Å². The van der Waals surface area contributed by atoms with Crippen LogP contribution in [0.1, 0.15) is 26.0 Å². The number of anilines is 1. The number of carboxylic acid groups (broad SMARTS) is 1. The standard InChI is InChI=1S/C17H23N7O8S2/c1-17(2,14(27)28)32-22-12(9-7-33-16(19)21-9)11(25)5-8-10(6-23-4-3-20-15(23)18)24(13(8)26)34(29,30)31/h7-8,10H,3-6H2,1-2H3,(H2,18,20)(H2,19,21)(H,27,28)(H,29,30,31)/b22-12-/t8-,10+/m0/s1. The number of Topliss-reactive ketones (excluding diaryl/α,β-unsaturated/α-hetero) is 1. The maximum atomic E-state index is 13.1. The lowest BCUT2D eigenvalue weighted by molar-refractivity contribution is -0.161. The minimum Gasteiger partial charge on any atom is -0.478 e. The molecule has 2 aliphatic heterocycles. The topological polar surface area (TPSA) is 231 Å². The number of aliphatic imine (C=N–C) groups is 1. The highest BCUT2D eigenvalue weighted by molar-refractivity contribution is 7.84. The van der Waals surface area contributed by atoms with E-state index < -0.39 is 51.9 Å². The molecule has 34 heavy (non-hydrogen) atoms. The third kappa shape index (κ3) is 5.10. The van der Waals surface area contributed by atoms with Crippen LogP contribution in [0.15, 0.2) is 15.5 Å². The van der Waals surface area contributed by atoms with Crippen LogP contribution in [0.5, 0.6) is 0 Å². The molecule has 3 heterocycles. The number of carbonyl (C=O) groups excluding carboxylic acids is 2. The first-order valence-electron chi connectivity index (χ1n) is 9.82. The van der Waals surface area contributed by atoms with Crippen LogP contribution in [-0.2, 0) is 29.5 Å². The largest absolute Gasteiger partial charge is 0.478 e. The number of oxime groups is 1. The summed E-state index contributed by atoms with van der Waals surface area (Å²) in [6.45, 7) is 3.10. The second-order valence-electron chi connectivity index (χ2n) is 8.02. The summed E-state index contributed by atoms with van der Waals surface area (Å²) in [6, 6.07) is -1.10. The number of aromatic nitrogens is 1. The Morgan fingerprint density at radius 3 is 2.56 bits per heavy atom. The van der Waals surface area contributed by atoms with E-state index in [2.05, 4.69) is 15.1 Å². The Morgan fingerprint density at radius 1 is 1.38 bits per heavy atom. The van der Waals surface area contributed by atoms with Gasteiger partial charge in [-0.15, -0.1) is 11.3 Å². The highest BCUT2D eigenvalue weighted by atomic mass is 32.2. The van der Waals surface area contributed by atoms with Crippen molar-refractivity contribution in [2.75, 3.05) is 25.4 Å². The Hall–Kier alpha value is -3.31. The van der Waals surface area contributed by atoms with E-state index >= 15 is 0 Å². The molecule has 0 bridgehead atoms. The van der Waals surface area contributed by atoms with Gasteiger partial charge in [0.1, 0.15) is 5.69 Å². The molecule has 0 spiro atoms. The van der Waals surface area contributed by atoms with Crippen molar-refractivity contribution in [1.29, 1.82) is 0 Å². The molecule has 17 heteroatoms. The quantitative estimate of drug-likeness (QED) is 0.121. The van der Waals surface area contributed by atoms with Gasteiger partial charge in [-0.3, -0.25) is 19.1 Å². The van der Waals surface area contributed by atoms with Crippen molar-refractivity contribution in [1.82, 2.24) is 14.2 Å². The van der Waals surface area contributed by atoms with Crippen molar-refractivity contribution in [3.05, 3.63) is 11.1 Å². The summed E-state index contributed by atoms with van der Waals surface area (Å²) >= 11 is 0.995. The maximum Gasteiger partial charge on any atom is 0.362 e. The van der Waals surface area contributed by atoms with E-state index in [0.29, 0.717) is 13.1 Å². The molecule has 1 aromatic heterocycles. The van der Waals surface area contributed by atoms with Gasteiger partial charge in [0.15, 0.2) is 22.6 Å². The zero-order valence-corrected chi connectivity index (χ0v) is 19.7. The Bertz CT molecular complexity index is 1180. The van der Waals surface area contributed by atoms with E-state index in [1.807, 2.05) is 0 Å². The van der Waals surface area contributed by atoms with E-state index in [-0.39, 0.29) is 33.3 Å². The molecule has 0 unspecified atom stereocenters. The van der Waals surface area contributed by atoms with Crippen LogP contribution >= 0.6 is 11.3 Å². The Balaban J connectivity index is 1.87. The fraction of sp³-hybridized carbons (Fsp3) is 0.529. The van der Waals surface area contributed by atoms with Crippen LogP contribution in [0.25, 0.3) is 0 Å². The van der Waals surface area contributed by atoms with E-state index in [0.717, 1.165) is 11.3 Å². The van der Waals surface area contributed by atoms with Crippen molar-refractivity contribution in [3.63, 3.8) is 0 Å². The molecule has 6 N–H and O–H groups in total. The summed E-state index contributed by atoms with van der Waals surface area (Å²) in [5, 5.41) is 14.4. The Kier molecular flexibility index (Phi) is 6.81. The lowest BCUT2D eigenvalue weighted by Gasteiger charge is -2.45. The summed E-state index contributed by atoms with van der Waals surface area (Å²) < 4.78 is 33.2. The van der Waals surface area contributed by atoms with E-state index in [9.17, 15) is 32.5 Å². The lowest BCUT2D eigenvalue weighted by atomic mass is 9.84. The molecule has 0 aliphatic carbocycles. The highest BCUT2D eigenvalue weighted by Gasteiger charge is 2.54. The van der Waals surface area contributed by atoms with Gasteiger partial charge >= 0.3 is 16.3 Å². The van der Waals surface area contributed by atoms with Gasteiger partial charge in [0.25, 0.3) is 0 Å². The van der Waals surface area contributed by atoms with Gasteiger partial charge in [-0.25, -0.2) is 14.1 Å². The van der Waals surface area contributed by atoms with Crippen molar-refractivity contribution in [2.24, 2.45) is 21.8 Å². The number of aliphatic carboxylic acids is 1. The molecule has 2 aliphatic rings. The fourth-order valence-corrected chi connectivity index (χ4v) is 4.79.